The number of hydrogen-bond acceptors (Lipinski definition) is 8. The van der Waals surface area contributed by atoms with Crippen molar-refractivity contribution in [3.63, 3.8) is 0 Å². The highest BCUT2D eigenvalue weighted by Crippen LogP contribution is 2.29. The number of hydrogen-bond donors (Lipinski definition) is 0. The molecule has 0 saturated carbocycles. The van der Waals surface area contributed by atoms with Crippen LogP contribution in [0, 0.1) is 27.2 Å². The number of aryl methyl sites for hydroxylation is 1. The van der Waals surface area contributed by atoms with E-state index in [1.54, 1.807) is 24.3 Å². The maximum atomic E-state index is 12.7. The highest BCUT2D eigenvalue weighted by molar-refractivity contribution is 5.96. The Kier molecular flexibility index (Phi) is 4.83. The van der Waals surface area contributed by atoms with Crippen LogP contribution >= 0.6 is 0 Å². The summed E-state index contributed by atoms with van der Waals surface area (Å²) in [5, 5.41) is 31.0. The van der Waals surface area contributed by atoms with E-state index in [-0.39, 0.29) is 5.75 Å². The lowest BCUT2D eigenvalue weighted by Crippen LogP contribution is -2.13. The normalized spacial score (nSPS) is 10.7. The predicted octanol–water partition coefficient (Wildman–Crippen LogP) is 3.76. The minimum absolute atomic E-state index is 0.0727. The summed E-state index contributed by atoms with van der Waals surface area (Å²) in [4.78, 5) is 34.6. The number of nitro groups is 2. The Hall–Kier alpha value is -4.67. The average molecular weight is 419 g/mol. The Balaban J connectivity index is 1.74. The molecular formula is C20H13N5O6. The van der Waals surface area contributed by atoms with Crippen molar-refractivity contribution >= 4 is 28.4 Å². The smallest absolute Gasteiger partial charge is 0.350 e. The maximum absolute atomic E-state index is 12.7. The van der Waals surface area contributed by atoms with Crippen LogP contribution in [0.15, 0.2) is 60.7 Å². The summed E-state index contributed by atoms with van der Waals surface area (Å²) in [5.74, 6) is -0.966. The largest absolute Gasteiger partial charge is 0.420 e. The van der Waals surface area contributed by atoms with Crippen molar-refractivity contribution < 1.29 is 19.4 Å². The van der Waals surface area contributed by atoms with Gasteiger partial charge in [0.15, 0.2) is 5.75 Å². The summed E-state index contributed by atoms with van der Waals surface area (Å²) in [6.07, 6.45) is 0. The second kappa shape index (κ2) is 7.63. The highest BCUT2D eigenvalue weighted by Gasteiger charge is 2.26. The molecule has 4 aromatic rings. The molecule has 0 aliphatic rings. The number of carbonyl (C=O) groups is 1. The van der Waals surface area contributed by atoms with Crippen molar-refractivity contribution in [1.29, 1.82) is 0 Å². The molecule has 0 spiro atoms. The molecule has 1 aromatic heterocycles. The first kappa shape index (κ1) is 19.6. The molecule has 31 heavy (non-hydrogen) atoms. The second-order valence-electron chi connectivity index (χ2n) is 6.55. The standard InChI is InChI=1S/C20H13N5O6/c1-12-6-9-19(18(10-12)23-21-15-4-2-3-5-16(15)22-23)31-20(26)14-8-7-13(24(27)28)11-17(14)25(29)30/h2-11H,1H3. The van der Waals surface area contributed by atoms with Crippen molar-refractivity contribution in [3.8, 4) is 11.4 Å². The summed E-state index contributed by atoms with van der Waals surface area (Å²) < 4.78 is 5.41. The van der Waals surface area contributed by atoms with Crippen molar-refractivity contribution in [2.24, 2.45) is 0 Å². The number of nitrogens with zero attached hydrogens (tertiary/aromatic N) is 5. The fourth-order valence-corrected chi connectivity index (χ4v) is 2.95. The molecule has 0 unspecified atom stereocenters. The van der Waals surface area contributed by atoms with Gasteiger partial charge in [-0.2, -0.15) is 0 Å². The number of esters is 1. The highest BCUT2D eigenvalue weighted by atomic mass is 16.6. The molecule has 0 aliphatic carbocycles. The van der Waals surface area contributed by atoms with Crippen LogP contribution in [0.2, 0.25) is 0 Å². The van der Waals surface area contributed by atoms with Gasteiger partial charge >= 0.3 is 5.97 Å². The molecule has 11 heteroatoms. The molecule has 0 amide bonds. The molecule has 0 atom stereocenters. The zero-order valence-electron chi connectivity index (χ0n) is 16.0. The van der Waals surface area contributed by atoms with Crippen LogP contribution in [0.5, 0.6) is 5.75 Å². The number of rotatable bonds is 5. The molecule has 0 fully saturated rings. The van der Waals surface area contributed by atoms with E-state index in [0.717, 1.165) is 17.7 Å². The van der Waals surface area contributed by atoms with Gasteiger partial charge in [-0.15, -0.1) is 15.0 Å². The van der Waals surface area contributed by atoms with Gasteiger partial charge in [-0.3, -0.25) is 20.2 Å². The number of ether oxygens (including phenoxy) is 1. The lowest BCUT2D eigenvalue weighted by atomic mass is 10.1. The minimum atomic E-state index is -1.04. The Labute approximate surface area is 173 Å². The summed E-state index contributed by atoms with van der Waals surface area (Å²) in [6, 6.07) is 14.8. The molecule has 0 bridgehead atoms. The van der Waals surface area contributed by atoms with E-state index >= 15 is 0 Å². The van der Waals surface area contributed by atoms with E-state index < -0.39 is 32.8 Å². The SMILES string of the molecule is Cc1ccc(OC(=O)c2ccc([N+](=O)[O-])cc2[N+](=O)[O-])c(-n2nc3ccccc3n2)c1. The molecule has 11 nitrogen and oxygen atoms in total. The summed E-state index contributed by atoms with van der Waals surface area (Å²) >= 11 is 0. The third kappa shape index (κ3) is 3.79. The first-order valence-electron chi connectivity index (χ1n) is 8.91. The van der Waals surface area contributed by atoms with E-state index in [1.165, 1.54) is 10.9 Å². The minimum Gasteiger partial charge on any atom is -0.420 e. The molecule has 154 valence electrons. The Morgan fingerprint density at radius 3 is 2.23 bits per heavy atom. The van der Waals surface area contributed by atoms with E-state index in [4.69, 9.17) is 4.74 Å². The maximum Gasteiger partial charge on any atom is 0.350 e. The van der Waals surface area contributed by atoms with Gasteiger partial charge in [0.2, 0.25) is 0 Å². The molecule has 0 saturated heterocycles. The van der Waals surface area contributed by atoms with Gasteiger partial charge in [-0.25, -0.2) is 4.79 Å². The fourth-order valence-electron chi connectivity index (χ4n) is 2.95. The third-order valence-corrected chi connectivity index (χ3v) is 4.43. The topological polar surface area (TPSA) is 143 Å². The van der Waals surface area contributed by atoms with Crippen molar-refractivity contribution in [2.75, 3.05) is 0 Å². The third-order valence-electron chi connectivity index (χ3n) is 4.43. The van der Waals surface area contributed by atoms with E-state index in [1.807, 2.05) is 19.1 Å². The second-order valence-corrected chi connectivity index (χ2v) is 6.55. The van der Waals surface area contributed by atoms with Crippen LogP contribution in [0.3, 0.4) is 0 Å². The average Bonchev–Trinajstić information content (AvgIpc) is 3.18. The van der Waals surface area contributed by atoms with Crippen LogP contribution in [-0.2, 0) is 0 Å². The number of aromatic nitrogens is 3. The Bertz CT molecular complexity index is 1330. The van der Waals surface area contributed by atoms with Crippen molar-refractivity contribution in [1.82, 2.24) is 15.0 Å². The number of nitro benzene ring substituents is 2. The van der Waals surface area contributed by atoms with Crippen LogP contribution in [-0.4, -0.2) is 30.8 Å². The predicted molar refractivity (Wildman–Crippen MR) is 108 cm³/mol. The number of non-ortho nitro benzene ring substituents is 1. The van der Waals surface area contributed by atoms with Gasteiger partial charge in [0.05, 0.1) is 15.9 Å². The van der Waals surface area contributed by atoms with Crippen molar-refractivity contribution in [2.45, 2.75) is 6.92 Å². The van der Waals surface area contributed by atoms with Gasteiger partial charge in [0.25, 0.3) is 11.4 Å². The number of fused-ring (bicyclic) bond motifs is 1. The van der Waals surface area contributed by atoms with Crippen LogP contribution in [0.1, 0.15) is 15.9 Å². The zero-order chi connectivity index (χ0) is 22.1. The van der Waals surface area contributed by atoms with E-state index in [2.05, 4.69) is 10.2 Å². The van der Waals surface area contributed by atoms with E-state index in [9.17, 15) is 25.0 Å². The first-order valence-corrected chi connectivity index (χ1v) is 8.91. The molecule has 3 aromatic carbocycles. The summed E-state index contributed by atoms with van der Waals surface area (Å²) in [6.45, 7) is 1.83. The zero-order valence-corrected chi connectivity index (χ0v) is 16.0. The molecule has 0 radical (unpaired) electrons. The Morgan fingerprint density at radius 1 is 0.935 bits per heavy atom. The van der Waals surface area contributed by atoms with Gasteiger partial charge in [-0.1, -0.05) is 18.2 Å². The van der Waals surface area contributed by atoms with Gasteiger partial charge in [-0.05, 0) is 42.8 Å². The monoisotopic (exact) mass is 419 g/mol. The van der Waals surface area contributed by atoms with Gasteiger partial charge in [0, 0.05) is 6.07 Å². The van der Waals surface area contributed by atoms with E-state index in [0.29, 0.717) is 22.8 Å². The molecule has 0 N–H and O–H groups in total. The summed E-state index contributed by atoms with van der Waals surface area (Å²) in [5.41, 5.74) is 0.814. The van der Waals surface area contributed by atoms with Crippen LogP contribution in [0.25, 0.3) is 16.7 Å². The fraction of sp³-hybridized carbons (Fsp3) is 0.0500. The lowest BCUT2D eigenvalue weighted by Gasteiger charge is -2.10. The Morgan fingerprint density at radius 2 is 1.61 bits per heavy atom. The first-order chi connectivity index (χ1) is 14.8. The molecule has 0 aliphatic heterocycles. The number of carbonyl (C=O) groups excluding carboxylic acids is 1. The summed E-state index contributed by atoms with van der Waals surface area (Å²) in [7, 11) is 0. The van der Waals surface area contributed by atoms with Gasteiger partial charge < -0.3 is 4.74 Å². The van der Waals surface area contributed by atoms with Crippen LogP contribution in [0.4, 0.5) is 11.4 Å². The molecule has 4 rings (SSSR count). The number of benzene rings is 3. The lowest BCUT2D eigenvalue weighted by molar-refractivity contribution is -0.394. The molecular weight excluding hydrogens is 406 g/mol. The van der Waals surface area contributed by atoms with Gasteiger partial charge in [0.1, 0.15) is 22.3 Å². The van der Waals surface area contributed by atoms with Crippen LogP contribution < -0.4 is 4.74 Å². The molecule has 1 heterocycles. The quantitative estimate of drug-likeness (QED) is 0.206. The van der Waals surface area contributed by atoms with Crippen molar-refractivity contribution in [3.05, 3.63) is 92.0 Å².